The van der Waals surface area contributed by atoms with Crippen LogP contribution in [0, 0.1) is 23.0 Å². The third kappa shape index (κ3) is 16.1. The van der Waals surface area contributed by atoms with Gasteiger partial charge in [0.25, 0.3) is 0 Å². The van der Waals surface area contributed by atoms with E-state index in [1.54, 1.807) is 10.6 Å². The Morgan fingerprint density at radius 3 is 0.867 bits per heavy atom. The van der Waals surface area contributed by atoms with Crippen molar-refractivity contribution in [3.05, 3.63) is 118 Å². The molecule has 0 N–H and O–H groups in total. The summed E-state index contributed by atoms with van der Waals surface area (Å²) in [7, 11) is -0.369. The summed E-state index contributed by atoms with van der Waals surface area (Å²) in [5, 5.41) is 10.0. The van der Waals surface area contributed by atoms with Gasteiger partial charge in [-0.2, -0.15) is 34.4 Å². The van der Waals surface area contributed by atoms with E-state index in [-0.39, 0.29) is 104 Å². The van der Waals surface area contributed by atoms with Gasteiger partial charge in [-0.15, -0.1) is 94.5 Å². The van der Waals surface area contributed by atoms with Gasteiger partial charge in [0.2, 0.25) is 0 Å². The Labute approximate surface area is 423 Å². The maximum absolute atomic E-state index is 3.44. The molecule has 0 atom stereocenters. The first-order chi connectivity index (χ1) is 25.3. The van der Waals surface area contributed by atoms with E-state index in [9.17, 15) is 0 Å². The second kappa shape index (κ2) is 23.3. The first-order valence-electron chi connectivity index (χ1n) is 20.8. The molecule has 328 valence electrons. The van der Waals surface area contributed by atoms with Gasteiger partial charge in [0.15, 0.2) is 0 Å². The summed E-state index contributed by atoms with van der Waals surface area (Å²) in [5.74, 6) is 0. The van der Waals surface area contributed by atoms with Crippen molar-refractivity contribution >= 4 is 48.0 Å². The normalized spacial score (nSPS) is 15.9. The fourth-order valence-electron chi connectivity index (χ4n) is 8.90. The van der Waals surface area contributed by atoms with E-state index in [0.29, 0.717) is 20.6 Å². The predicted octanol–water partition coefficient (Wildman–Crippen LogP) is 10.8. The molecule has 0 nitrogen and oxygen atoms in total. The van der Waals surface area contributed by atoms with Crippen LogP contribution in [0.4, 0.5) is 0 Å². The van der Waals surface area contributed by atoms with Gasteiger partial charge >= 0.3 is 52.4 Å². The van der Waals surface area contributed by atoms with Crippen molar-refractivity contribution < 1.29 is 77.2 Å². The molecule has 4 aromatic rings. The van der Waals surface area contributed by atoms with Gasteiger partial charge in [-0.1, -0.05) is 177 Å². The Balaban J connectivity index is 0. The van der Waals surface area contributed by atoms with Gasteiger partial charge < -0.3 is 24.8 Å². The second-order valence-corrected chi connectivity index (χ2v) is 29.0. The molecule has 4 aromatic carbocycles. The standard InChI is InChI=1S/2C17H24P.2C10H15.2ClH.2Zr/c2*1-16(2,3)18(17(4,5)6)15-11-13-9-7-8-10-14(13)12-15;2*1-7-6-10(4,5)9(3)8(7)2;;;;/h2*7-12H,1-6H3;2*1-5H3;2*1H;;/q4*-1;;;2*+2/p-2. The zero-order valence-corrected chi connectivity index (χ0v) is 49.8. The smallest absolute Gasteiger partial charge is 1.00 e. The number of rotatable bonds is 2. The molecule has 60 heavy (non-hydrogen) atoms. The molecule has 2 aliphatic rings. The molecule has 6 heteroatoms. The molecule has 6 rings (SSSR count). The topological polar surface area (TPSA) is 0 Å². The quantitative estimate of drug-likeness (QED) is 0.139. The van der Waals surface area contributed by atoms with Crippen molar-refractivity contribution in [3.8, 4) is 0 Å². The van der Waals surface area contributed by atoms with Crippen molar-refractivity contribution in [2.24, 2.45) is 10.8 Å². The van der Waals surface area contributed by atoms with Crippen molar-refractivity contribution in [1.82, 2.24) is 0 Å². The van der Waals surface area contributed by atoms with Crippen LogP contribution in [-0.2, 0) is 52.4 Å². The summed E-state index contributed by atoms with van der Waals surface area (Å²) in [6.07, 6.45) is 6.87. The number of hydrogen-bond donors (Lipinski definition) is 0. The molecule has 0 heterocycles. The van der Waals surface area contributed by atoms with Gasteiger partial charge in [0.05, 0.1) is 0 Å². The second-order valence-electron chi connectivity index (χ2n) is 21.3. The summed E-state index contributed by atoms with van der Waals surface area (Å²) in [5.41, 5.74) is 8.79. The molecule has 0 radical (unpaired) electrons. The monoisotopic (exact) mass is 1040 g/mol. The molecule has 0 bridgehead atoms. The van der Waals surface area contributed by atoms with E-state index in [1.165, 1.54) is 55.0 Å². The minimum atomic E-state index is -0.185. The molecule has 0 saturated carbocycles. The molecule has 0 saturated heterocycles. The molecule has 0 spiro atoms. The summed E-state index contributed by atoms with van der Waals surface area (Å²) in [4.78, 5) is 0. The Bertz CT molecular complexity index is 1860. The summed E-state index contributed by atoms with van der Waals surface area (Å²) in [6, 6.07) is 27.0. The number of hydrogen-bond acceptors (Lipinski definition) is 0. The number of halogens is 2. The molecule has 0 fully saturated rings. The van der Waals surface area contributed by atoms with Crippen LogP contribution >= 0.6 is 15.8 Å². The van der Waals surface area contributed by atoms with Crippen LogP contribution in [0.15, 0.2) is 106 Å². The maximum Gasteiger partial charge on any atom is 2.00 e. The molecular weight excluding hydrogens is 964 g/mol. The Morgan fingerprint density at radius 1 is 0.450 bits per heavy atom. The zero-order chi connectivity index (χ0) is 43.0. The van der Waals surface area contributed by atoms with Crippen LogP contribution in [0.2, 0.25) is 0 Å². The van der Waals surface area contributed by atoms with Crippen molar-refractivity contribution in [2.45, 2.75) is 173 Å². The fourth-order valence-corrected chi connectivity index (χ4v) is 17.1. The van der Waals surface area contributed by atoms with E-state index < -0.39 is 0 Å². The van der Waals surface area contributed by atoms with Gasteiger partial charge in [-0.25, -0.2) is 11.1 Å². The fraction of sp³-hybridized carbons (Fsp3) is 0.519. The molecule has 2 aliphatic carbocycles. The third-order valence-electron chi connectivity index (χ3n) is 11.5. The third-order valence-corrected chi connectivity index (χ3v) is 18.4. The van der Waals surface area contributed by atoms with Crippen LogP contribution in [0.25, 0.3) is 21.5 Å². The average Bonchev–Trinajstić information content (AvgIpc) is 3.72. The van der Waals surface area contributed by atoms with Crippen molar-refractivity contribution in [1.29, 1.82) is 0 Å². The average molecular weight is 1040 g/mol. The minimum absolute atomic E-state index is 0. The van der Waals surface area contributed by atoms with Crippen molar-refractivity contribution in [2.75, 3.05) is 0 Å². The Hall–Kier alpha value is -0.174. The Kier molecular flexibility index (Phi) is 24.1. The van der Waals surface area contributed by atoms with E-state index >= 15 is 0 Å². The number of benzene rings is 2. The van der Waals surface area contributed by atoms with Crippen LogP contribution in [0.3, 0.4) is 0 Å². The zero-order valence-electron chi connectivity index (χ0n) is 41.6. The SMILES string of the molecule is CC(C)(C)P(c1cc2ccccc2[cH-]1)C(C)(C)C.CC(C)(C)P(c1cc2ccccc2[cH-]1)C(C)(C)C.CC1=[C-]C(C)(C)C(C)=C1C.CC1=[C-]C(C)(C)C(C)=C1C.[Cl-].[Cl-].[Zr+2].[Zr+2]. The predicted molar refractivity (Wildman–Crippen MR) is 260 cm³/mol. The van der Waals surface area contributed by atoms with E-state index in [4.69, 9.17) is 0 Å². The largest absolute Gasteiger partial charge is 2.00 e. The van der Waals surface area contributed by atoms with Crippen LogP contribution in [0.5, 0.6) is 0 Å². The number of fused-ring (bicyclic) bond motifs is 2. The van der Waals surface area contributed by atoms with E-state index in [0.717, 1.165) is 0 Å². The van der Waals surface area contributed by atoms with E-state index in [1.807, 2.05) is 0 Å². The molecule has 0 aromatic heterocycles. The molecular formula is C54H78Cl2P2Zr2-2. The van der Waals surface area contributed by atoms with Gasteiger partial charge in [-0.3, -0.25) is 12.2 Å². The van der Waals surface area contributed by atoms with Crippen LogP contribution in [-0.4, -0.2) is 20.6 Å². The molecule has 0 unspecified atom stereocenters. The summed E-state index contributed by atoms with van der Waals surface area (Å²) >= 11 is 0. The van der Waals surface area contributed by atoms with Gasteiger partial charge in [0, 0.05) is 0 Å². The maximum atomic E-state index is 3.44. The summed E-state index contributed by atoms with van der Waals surface area (Å²) in [6.45, 7) is 50.4. The first kappa shape index (κ1) is 61.9. The minimum Gasteiger partial charge on any atom is -1.00 e. The van der Waals surface area contributed by atoms with Crippen LogP contribution < -0.4 is 35.4 Å². The van der Waals surface area contributed by atoms with Gasteiger partial charge in [-0.05, 0) is 20.6 Å². The molecule has 0 amide bonds. The Morgan fingerprint density at radius 2 is 0.700 bits per heavy atom. The van der Waals surface area contributed by atoms with Crippen LogP contribution in [0.1, 0.15) is 152 Å². The summed E-state index contributed by atoms with van der Waals surface area (Å²) < 4.78 is 0. The molecule has 0 aliphatic heterocycles. The van der Waals surface area contributed by atoms with E-state index in [2.05, 4.69) is 237 Å². The van der Waals surface area contributed by atoms with Gasteiger partial charge in [0.1, 0.15) is 0 Å². The first-order valence-corrected chi connectivity index (χ1v) is 23.5. The van der Waals surface area contributed by atoms with Crippen molar-refractivity contribution in [3.63, 3.8) is 0 Å². The number of allylic oxidation sites excluding steroid dienone is 8.